The van der Waals surface area contributed by atoms with E-state index in [9.17, 15) is 8.42 Å². The number of nitrogens with one attached hydrogen (secondary N) is 1. The van der Waals surface area contributed by atoms with Crippen molar-refractivity contribution >= 4 is 15.7 Å². The van der Waals surface area contributed by atoms with Crippen LogP contribution in [-0.4, -0.2) is 15.5 Å². The summed E-state index contributed by atoms with van der Waals surface area (Å²) in [5.41, 5.74) is 1.43. The van der Waals surface area contributed by atoms with Gasteiger partial charge in [-0.25, -0.2) is 8.42 Å². The Morgan fingerprint density at radius 1 is 1.17 bits per heavy atom. The van der Waals surface area contributed by atoms with Gasteiger partial charge in [0, 0.05) is 0 Å². The topological polar surface area (TPSA) is 79.2 Å². The molecule has 5 nitrogen and oxygen atoms in total. The first-order chi connectivity index (χ1) is 10.9. The number of anilines is 1. The fourth-order valence-electron chi connectivity index (χ4n) is 2.16. The summed E-state index contributed by atoms with van der Waals surface area (Å²) in [6.45, 7) is 4.04. The maximum absolute atomic E-state index is 12.6. The molecule has 120 valence electrons. The van der Waals surface area contributed by atoms with Gasteiger partial charge in [-0.15, -0.1) is 0 Å². The van der Waals surface area contributed by atoms with Gasteiger partial charge in [-0.3, -0.25) is 4.72 Å². The van der Waals surface area contributed by atoms with E-state index in [1.807, 2.05) is 26.0 Å². The molecule has 2 aromatic carbocycles. The normalized spacial score (nSPS) is 11.1. The van der Waals surface area contributed by atoms with Crippen molar-refractivity contribution in [2.24, 2.45) is 0 Å². The molecule has 6 heteroatoms. The Bertz CT molecular complexity index is 852. The molecule has 0 aliphatic rings. The largest absolute Gasteiger partial charge is 0.495 e. The van der Waals surface area contributed by atoms with E-state index >= 15 is 0 Å². The molecule has 0 bridgehead atoms. The Hall–Kier alpha value is -2.52. The number of nitriles is 1. The molecule has 0 atom stereocenters. The van der Waals surface area contributed by atoms with Crippen LogP contribution in [0, 0.1) is 11.3 Å². The molecule has 0 aliphatic heterocycles. The molecule has 2 rings (SSSR count). The number of benzene rings is 2. The Balaban J connectivity index is 2.49. The standard InChI is InChI=1S/C17H18N2O3S/c1-12(2)13-8-9-16(22-3)15(10-13)19-23(20,21)17-7-5-4-6-14(17)11-18/h4-10,12,19H,1-3H3. The molecule has 0 spiro atoms. The first kappa shape index (κ1) is 16.8. The van der Waals surface area contributed by atoms with Crippen LogP contribution in [0.1, 0.15) is 30.9 Å². The molecule has 0 heterocycles. The fraction of sp³-hybridized carbons (Fsp3) is 0.235. The lowest BCUT2D eigenvalue weighted by Gasteiger charge is -2.15. The summed E-state index contributed by atoms with van der Waals surface area (Å²) < 4.78 is 33.0. The first-order valence-corrected chi connectivity index (χ1v) is 8.57. The van der Waals surface area contributed by atoms with Crippen LogP contribution in [0.15, 0.2) is 47.4 Å². The molecule has 2 aromatic rings. The molecular weight excluding hydrogens is 312 g/mol. The van der Waals surface area contributed by atoms with Crippen LogP contribution in [-0.2, 0) is 10.0 Å². The summed E-state index contributed by atoms with van der Waals surface area (Å²) in [5, 5.41) is 9.10. The molecule has 0 saturated carbocycles. The molecule has 23 heavy (non-hydrogen) atoms. The molecule has 0 aromatic heterocycles. The first-order valence-electron chi connectivity index (χ1n) is 7.09. The lowest BCUT2D eigenvalue weighted by molar-refractivity contribution is 0.416. The highest BCUT2D eigenvalue weighted by Gasteiger charge is 2.20. The van der Waals surface area contributed by atoms with E-state index in [2.05, 4.69) is 4.72 Å². The molecule has 0 amide bonds. The van der Waals surface area contributed by atoms with Gasteiger partial charge < -0.3 is 4.74 Å². The zero-order valence-corrected chi connectivity index (χ0v) is 14.0. The number of rotatable bonds is 5. The zero-order valence-electron chi connectivity index (χ0n) is 13.2. The lowest BCUT2D eigenvalue weighted by Crippen LogP contribution is -2.15. The smallest absolute Gasteiger partial charge is 0.263 e. The minimum absolute atomic E-state index is 0.0560. The van der Waals surface area contributed by atoms with E-state index in [1.165, 1.54) is 19.2 Å². The highest BCUT2D eigenvalue weighted by Crippen LogP contribution is 2.31. The van der Waals surface area contributed by atoms with Gasteiger partial charge in [0.05, 0.1) is 18.4 Å². The van der Waals surface area contributed by atoms with Crippen LogP contribution in [0.2, 0.25) is 0 Å². The van der Waals surface area contributed by atoms with Crippen LogP contribution >= 0.6 is 0 Å². The monoisotopic (exact) mass is 330 g/mol. The van der Waals surface area contributed by atoms with Gasteiger partial charge in [0.25, 0.3) is 10.0 Å². The second-order valence-corrected chi connectivity index (χ2v) is 6.98. The SMILES string of the molecule is COc1ccc(C(C)C)cc1NS(=O)(=O)c1ccccc1C#N. The van der Waals surface area contributed by atoms with Crippen molar-refractivity contribution < 1.29 is 13.2 Å². The van der Waals surface area contributed by atoms with E-state index in [4.69, 9.17) is 10.00 Å². The molecule has 0 saturated heterocycles. The van der Waals surface area contributed by atoms with Gasteiger partial charge in [0.2, 0.25) is 0 Å². The van der Waals surface area contributed by atoms with Crippen molar-refractivity contribution in [1.82, 2.24) is 0 Å². The maximum Gasteiger partial charge on any atom is 0.263 e. The van der Waals surface area contributed by atoms with Gasteiger partial charge in [-0.2, -0.15) is 5.26 Å². The molecule has 0 aliphatic carbocycles. The summed E-state index contributed by atoms with van der Waals surface area (Å²) in [6.07, 6.45) is 0. The van der Waals surface area contributed by atoms with Crippen molar-refractivity contribution in [2.75, 3.05) is 11.8 Å². The predicted molar refractivity (Wildman–Crippen MR) is 89.0 cm³/mol. The van der Waals surface area contributed by atoms with Crippen molar-refractivity contribution in [3.05, 3.63) is 53.6 Å². The molecule has 0 fully saturated rings. The molecule has 0 unspecified atom stereocenters. The van der Waals surface area contributed by atoms with E-state index < -0.39 is 10.0 Å². The Morgan fingerprint density at radius 3 is 2.48 bits per heavy atom. The summed E-state index contributed by atoms with van der Waals surface area (Å²) >= 11 is 0. The molecule has 0 radical (unpaired) electrons. The highest BCUT2D eigenvalue weighted by molar-refractivity contribution is 7.92. The van der Waals surface area contributed by atoms with Gasteiger partial charge >= 0.3 is 0 Å². The Morgan fingerprint density at radius 2 is 1.87 bits per heavy atom. The van der Waals surface area contributed by atoms with Crippen LogP contribution < -0.4 is 9.46 Å². The van der Waals surface area contributed by atoms with Crippen molar-refractivity contribution in [3.63, 3.8) is 0 Å². The quantitative estimate of drug-likeness (QED) is 0.910. The fourth-order valence-corrected chi connectivity index (χ4v) is 3.38. The molecule has 1 N–H and O–H groups in total. The van der Waals surface area contributed by atoms with Crippen molar-refractivity contribution in [2.45, 2.75) is 24.7 Å². The Kier molecular flexibility index (Phi) is 4.92. The maximum atomic E-state index is 12.6. The molecular formula is C17H18N2O3S. The number of hydrogen-bond acceptors (Lipinski definition) is 4. The van der Waals surface area contributed by atoms with Crippen LogP contribution in [0.5, 0.6) is 5.75 Å². The minimum Gasteiger partial charge on any atom is -0.495 e. The van der Waals surface area contributed by atoms with E-state index in [1.54, 1.807) is 24.3 Å². The summed E-state index contributed by atoms with van der Waals surface area (Å²) in [4.78, 5) is -0.0560. The lowest BCUT2D eigenvalue weighted by atomic mass is 10.0. The second kappa shape index (κ2) is 6.71. The zero-order chi connectivity index (χ0) is 17.0. The van der Waals surface area contributed by atoms with Crippen LogP contribution in [0.25, 0.3) is 0 Å². The van der Waals surface area contributed by atoms with Crippen LogP contribution in [0.3, 0.4) is 0 Å². The third-order valence-electron chi connectivity index (χ3n) is 3.43. The number of ether oxygens (including phenoxy) is 1. The summed E-state index contributed by atoms with van der Waals surface area (Å²) in [7, 11) is -2.41. The van der Waals surface area contributed by atoms with Gasteiger partial charge in [-0.1, -0.05) is 32.0 Å². The van der Waals surface area contributed by atoms with Gasteiger partial charge in [0.15, 0.2) is 0 Å². The predicted octanol–water partition coefficient (Wildman–Crippen LogP) is 3.49. The third-order valence-corrected chi connectivity index (χ3v) is 4.86. The van der Waals surface area contributed by atoms with Gasteiger partial charge in [-0.05, 0) is 35.7 Å². The average Bonchev–Trinajstić information content (AvgIpc) is 2.54. The van der Waals surface area contributed by atoms with Crippen LogP contribution in [0.4, 0.5) is 5.69 Å². The summed E-state index contributed by atoms with van der Waals surface area (Å²) in [5.74, 6) is 0.669. The van der Waals surface area contributed by atoms with Gasteiger partial charge in [0.1, 0.15) is 16.7 Å². The number of sulfonamides is 1. The second-order valence-electron chi connectivity index (χ2n) is 5.33. The number of methoxy groups -OCH3 is 1. The Labute approximate surface area is 136 Å². The number of nitrogens with zero attached hydrogens (tertiary/aromatic N) is 1. The van der Waals surface area contributed by atoms with Crippen molar-refractivity contribution in [1.29, 1.82) is 5.26 Å². The van der Waals surface area contributed by atoms with E-state index in [-0.39, 0.29) is 16.4 Å². The van der Waals surface area contributed by atoms with Crippen molar-refractivity contribution in [3.8, 4) is 11.8 Å². The summed E-state index contributed by atoms with van der Waals surface area (Å²) in [6, 6.07) is 13.3. The highest BCUT2D eigenvalue weighted by atomic mass is 32.2. The van der Waals surface area contributed by atoms with E-state index in [0.717, 1.165) is 5.56 Å². The number of hydrogen-bond donors (Lipinski definition) is 1. The van der Waals surface area contributed by atoms with E-state index in [0.29, 0.717) is 11.4 Å². The minimum atomic E-state index is -3.88. The third kappa shape index (κ3) is 3.63. The average molecular weight is 330 g/mol.